The highest BCUT2D eigenvalue weighted by molar-refractivity contribution is 14.0. The molecule has 0 aromatic heterocycles. The number of rotatable bonds is 8. The van der Waals surface area contributed by atoms with E-state index in [0.717, 1.165) is 36.5 Å². The number of nitrogens with one attached hydrogen (secondary N) is 2. The molecule has 1 aromatic rings. The van der Waals surface area contributed by atoms with E-state index in [1.807, 2.05) is 7.05 Å². The van der Waals surface area contributed by atoms with Gasteiger partial charge >= 0.3 is 0 Å². The van der Waals surface area contributed by atoms with Crippen LogP contribution in [0.1, 0.15) is 44.1 Å². The zero-order chi connectivity index (χ0) is 17.8. The largest absolute Gasteiger partial charge is 0.385 e. The Hall–Kier alpha value is -0.340. The Morgan fingerprint density at radius 2 is 1.92 bits per heavy atom. The maximum absolute atomic E-state index is 5.29. The van der Waals surface area contributed by atoms with Crippen LogP contribution >= 0.6 is 39.9 Å². The van der Waals surface area contributed by atoms with Gasteiger partial charge in [-0.3, -0.25) is 4.99 Å². The van der Waals surface area contributed by atoms with Crippen molar-refractivity contribution in [2.75, 3.05) is 33.9 Å². The van der Waals surface area contributed by atoms with Crippen LogP contribution in [0.4, 0.5) is 0 Å². The van der Waals surface area contributed by atoms with Crippen LogP contribution in [-0.4, -0.2) is 39.8 Å². The number of benzene rings is 1. The number of ether oxygens (including phenoxy) is 1. The fourth-order valence-corrected chi connectivity index (χ4v) is 4.19. The molecule has 2 saturated carbocycles. The van der Waals surface area contributed by atoms with Crippen molar-refractivity contribution in [2.45, 2.75) is 43.9 Å². The summed E-state index contributed by atoms with van der Waals surface area (Å²) in [6, 6.07) is 8.71. The van der Waals surface area contributed by atoms with Gasteiger partial charge < -0.3 is 15.4 Å². The molecular weight excluding hydrogens is 505 g/mol. The molecule has 6 heteroatoms. The smallest absolute Gasteiger partial charge is 0.191 e. The minimum Gasteiger partial charge on any atom is -0.385 e. The molecule has 0 radical (unpaired) electrons. The van der Waals surface area contributed by atoms with Gasteiger partial charge in [-0.15, -0.1) is 24.0 Å². The van der Waals surface area contributed by atoms with Gasteiger partial charge in [0.05, 0.1) is 0 Å². The first-order valence-corrected chi connectivity index (χ1v) is 10.1. The molecule has 2 aliphatic carbocycles. The lowest BCUT2D eigenvalue weighted by atomic mass is 9.67. The average molecular weight is 536 g/mol. The third-order valence-corrected chi connectivity index (χ3v) is 6.48. The van der Waals surface area contributed by atoms with Gasteiger partial charge in [0.1, 0.15) is 0 Å². The molecule has 0 amide bonds. The van der Waals surface area contributed by atoms with Gasteiger partial charge in [0, 0.05) is 43.7 Å². The van der Waals surface area contributed by atoms with Gasteiger partial charge in [0.2, 0.25) is 0 Å². The van der Waals surface area contributed by atoms with Crippen molar-refractivity contribution in [1.82, 2.24) is 10.6 Å². The van der Waals surface area contributed by atoms with Gasteiger partial charge in [-0.1, -0.05) is 34.5 Å². The first-order chi connectivity index (χ1) is 12.1. The lowest BCUT2D eigenvalue weighted by Crippen LogP contribution is -2.48. The molecule has 0 saturated heterocycles. The quantitative estimate of drug-likeness (QED) is 0.293. The summed E-state index contributed by atoms with van der Waals surface area (Å²) in [5.74, 6) is 0.921. The maximum atomic E-state index is 5.29. The molecule has 4 nitrogen and oxygen atoms in total. The molecule has 0 spiro atoms. The summed E-state index contributed by atoms with van der Waals surface area (Å²) >= 11 is 3.59. The second kappa shape index (κ2) is 9.73. The van der Waals surface area contributed by atoms with Crippen LogP contribution < -0.4 is 10.6 Å². The van der Waals surface area contributed by atoms with E-state index < -0.39 is 0 Å². The van der Waals surface area contributed by atoms with Crippen molar-refractivity contribution >= 4 is 45.9 Å². The second-order valence-electron chi connectivity index (χ2n) is 7.67. The zero-order valence-corrected chi connectivity index (χ0v) is 19.7. The van der Waals surface area contributed by atoms with Gasteiger partial charge in [-0.25, -0.2) is 0 Å². The summed E-state index contributed by atoms with van der Waals surface area (Å²) in [4.78, 5) is 4.43. The molecule has 2 fully saturated rings. The van der Waals surface area contributed by atoms with Crippen LogP contribution in [0.2, 0.25) is 0 Å². The van der Waals surface area contributed by atoms with E-state index in [4.69, 9.17) is 4.74 Å². The molecule has 0 unspecified atom stereocenters. The van der Waals surface area contributed by atoms with Crippen LogP contribution in [0.25, 0.3) is 0 Å². The van der Waals surface area contributed by atoms with E-state index >= 15 is 0 Å². The highest BCUT2D eigenvalue weighted by Gasteiger charge is 2.44. The zero-order valence-electron chi connectivity index (χ0n) is 15.8. The molecular formula is C20H31BrIN3O. The highest BCUT2D eigenvalue weighted by Crippen LogP contribution is 2.48. The Bertz CT molecular complexity index is 615. The monoisotopic (exact) mass is 535 g/mol. The molecule has 0 bridgehead atoms. The van der Waals surface area contributed by atoms with Crippen molar-refractivity contribution in [2.24, 2.45) is 10.4 Å². The summed E-state index contributed by atoms with van der Waals surface area (Å²) in [5.41, 5.74) is 2.08. The van der Waals surface area contributed by atoms with Crippen molar-refractivity contribution in [3.05, 3.63) is 34.3 Å². The Labute approximate surface area is 183 Å². The van der Waals surface area contributed by atoms with Gasteiger partial charge in [0.25, 0.3) is 0 Å². The minimum atomic E-state index is 0. The minimum absolute atomic E-state index is 0. The predicted octanol–water partition coefficient (Wildman–Crippen LogP) is 4.47. The van der Waals surface area contributed by atoms with Crippen LogP contribution in [-0.2, 0) is 10.2 Å². The number of aliphatic imine (C=N–C) groups is 1. The molecule has 146 valence electrons. The molecule has 3 rings (SSSR count). The van der Waals surface area contributed by atoms with Crippen LogP contribution in [0.3, 0.4) is 0 Å². The van der Waals surface area contributed by atoms with E-state index in [1.165, 1.54) is 37.7 Å². The lowest BCUT2D eigenvalue weighted by molar-refractivity contribution is 0.0732. The molecule has 2 aliphatic rings. The van der Waals surface area contributed by atoms with Crippen molar-refractivity contribution in [1.29, 1.82) is 0 Å². The molecule has 2 N–H and O–H groups in total. The summed E-state index contributed by atoms with van der Waals surface area (Å²) in [6.45, 7) is 2.77. The first-order valence-electron chi connectivity index (χ1n) is 9.31. The van der Waals surface area contributed by atoms with Crippen LogP contribution in [0.5, 0.6) is 0 Å². The Balaban J connectivity index is 0.00000243. The SMILES string of the molecule is CN=C(NCC1(CCOC)CCC1)NCC1(c2cccc(Br)c2)CC1.I. The standard InChI is InChI=1S/C20H30BrN3O.HI/c1-22-18(23-14-19(7-4-8-19)11-12-25-2)24-15-20(9-10-20)16-5-3-6-17(21)13-16;/h3,5-6,13H,4,7-12,14-15H2,1-2H3,(H2,22,23,24);1H. The number of methoxy groups -OCH3 is 1. The molecule has 0 atom stereocenters. The first kappa shape index (κ1) is 22.0. The Morgan fingerprint density at radius 3 is 2.46 bits per heavy atom. The maximum Gasteiger partial charge on any atom is 0.191 e. The van der Waals surface area contributed by atoms with E-state index in [2.05, 4.69) is 55.8 Å². The third-order valence-electron chi connectivity index (χ3n) is 5.99. The van der Waals surface area contributed by atoms with Crippen LogP contribution in [0, 0.1) is 5.41 Å². The van der Waals surface area contributed by atoms with Crippen molar-refractivity contribution < 1.29 is 4.74 Å². The van der Waals surface area contributed by atoms with Gasteiger partial charge in [0.15, 0.2) is 5.96 Å². The molecule has 1 aromatic carbocycles. The highest BCUT2D eigenvalue weighted by atomic mass is 127. The van der Waals surface area contributed by atoms with E-state index in [0.29, 0.717) is 5.41 Å². The van der Waals surface area contributed by atoms with E-state index in [-0.39, 0.29) is 29.4 Å². The molecule has 0 aliphatic heterocycles. The number of halogens is 2. The predicted molar refractivity (Wildman–Crippen MR) is 123 cm³/mol. The second-order valence-corrected chi connectivity index (χ2v) is 8.58. The number of guanidine groups is 1. The van der Waals surface area contributed by atoms with Gasteiger partial charge in [-0.05, 0) is 55.2 Å². The third kappa shape index (κ3) is 5.35. The summed E-state index contributed by atoms with van der Waals surface area (Å²) in [6.07, 6.45) is 7.54. The molecule has 0 heterocycles. The van der Waals surface area contributed by atoms with E-state index in [1.54, 1.807) is 7.11 Å². The summed E-state index contributed by atoms with van der Waals surface area (Å²) in [5, 5.41) is 7.12. The Kier molecular flexibility index (Phi) is 8.22. The molecule has 26 heavy (non-hydrogen) atoms. The van der Waals surface area contributed by atoms with Crippen LogP contribution in [0.15, 0.2) is 33.7 Å². The Morgan fingerprint density at radius 1 is 1.19 bits per heavy atom. The van der Waals surface area contributed by atoms with Crippen molar-refractivity contribution in [3.8, 4) is 0 Å². The normalized spacial score (nSPS) is 19.9. The summed E-state index contributed by atoms with van der Waals surface area (Å²) in [7, 11) is 3.65. The van der Waals surface area contributed by atoms with Gasteiger partial charge in [-0.2, -0.15) is 0 Å². The number of hydrogen-bond donors (Lipinski definition) is 2. The summed E-state index contributed by atoms with van der Waals surface area (Å²) < 4.78 is 6.44. The number of hydrogen-bond acceptors (Lipinski definition) is 2. The van der Waals surface area contributed by atoms with E-state index in [9.17, 15) is 0 Å². The fourth-order valence-electron chi connectivity index (χ4n) is 3.79. The lowest BCUT2D eigenvalue weighted by Gasteiger charge is -2.42. The number of nitrogens with zero attached hydrogens (tertiary/aromatic N) is 1. The topological polar surface area (TPSA) is 45.7 Å². The van der Waals surface area contributed by atoms with Crippen molar-refractivity contribution in [3.63, 3.8) is 0 Å². The average Bonchev–Trinajstić information content (AvgIpc) is 3.37. The fraction of sp³-hybridized carbons (Fsp3) is 0.650.